The van der Waals surface area contributed by atoms with Crippen molar-refractivity contribution < 1.29 is 19.1 Å². The summed E-state index contributed by atoms with van der Waals surface area (Å²) in [5.74, 6) is -0.411. The van der Waals surface area contributed by atoms with E-state index in [1.165, 1.54) is 12.0 Å². The number of piperidine rings is 1. The van der Waals surface area contributed by atoms with Gasteiger partial charge in [0.05, 0.1) is 13.7 Å². The first kappa shape index (κ1) is 16.3. The highest BCUT2D eigenvalue weighted by molar-refractivity contribution is 5.99. The van der Waals surface area contributed by atoms with Gasteiger partial charge in [0, 0.05) is 5.69 Å². The van der Waals surface area contributed by atoms with Gasteiger partial charge in [0.1, 0.15) is 0 Å². The van der Waals surface area contributed by atoms with Gasteiger partial charge in [-0.2, -0.15) is 0 Å². The Morgan fingerprint density at radius 1 is 1.23 bits per heavy atom. The first-order valence-corrected chi connectivity index (χ1v) is 7.47. The van der Waals surface area contributed by atoms with Crippen molar-refractivity contribution in [2.75, 3.05) is 31.7 Å². The Balaban J connectivity index is 2.48. The van der Waals surface area contributed by atoms with Crippen molar-refractivity contribution in [2.24, 2.45) is 0 Å². The van der Waals surface area contributed by atoms with Crippen LogP contribution >= 0.6 is 0 Å². The lowest BCUT2D eigenvalue weighted by Gasteiger charge is -2.43. The number of carbonyl (C=O) groups is 2. The van der Waals surface area contributed by atoms with Crippen molar-refractivity contribution >= 4 is 17.7 Å². The van der Waals surface area contributed by atoms with Crippen LogP contribution in [0.1, 0.15) is 19.8 Å². The van der Waals surface area contributed by atoms with Crippen molar-refractivity contribution in [3.63, 3.8) is 0 Å². The third-order valence-corrected chi connectivity index (χ3v) is 3.89. The fourth-order valence-corrected chi connectivity index (χ4v) is 2.84. The summed E-state index contributed by atoms with van der Waals surface area (Å²) in [7, 11) is 1.35. The summed E-state index contributed by atoms with van der Waals surface area (Å²) in [6.07, 6.45) is 0.432. The molecular weight excluding hydrogens is 284 g/mol. The van der Waals surface area contributed by atoms with Crippen molar-refractivity contribution in [3.05, 3.63) is 30.3 Å². The number of nitrogens with zero attached hydrogens (tertiary/aromatic N) is 1. The van der Waals surface area contributed by atoms with Crippen LogP contribution in [0.15, 0.2) is 30.3 Å². The molecule has 1 aromatic rings. The summed E-state index contributed by atoms with van der Waals surface area (Å²) < 4.78 is 10.2. The van der Waals surface area contributed by atoms with Gasteiger partial charge < -0.3 is 14.8 Å². The number of benzene rings is 1. The Morgan fingerprint density at radius 2 is 1.86 bits per heavy atom. The fraction of sp³-hybridized carbons (Fsp3) is 0.500. The van der Waals surface area contributed by atoms with E-state index < -0.39 is 17.6 Å². The zero-order valence-corrected chi connectivity index (χ0v) is 13.0. The van der Waals surface area contributed by atoms with Gasteiger partial charge in [0.25, 0.3) is 0 Å². The molecule has 6 nitrogen and oxygen atoms in total. The molecule has 1 N–H and O–H groups in total. The minimum absolute atomic E-state index is 0.248. The van der Waals surface area contributed by atoms with Crippen LogP contribution in [0.5, 0.6) is 0 Å². The summed E-state index contributed by atoms with van der Waals surface area (Å²) in [6, 6.07) is 9.11. The number of nitrogens with one attached hydrogen (secondary N) is 1. The van der Waals surface area contributed by atoms with Crippen molar-refractivity contribution in [1.29, 1.82) is 0 Å². The lowest BCUT2D eigenvalue weighted by atomic mass is 9.86. The van der Waals surface area contributed by atoms with Gasteiger partial charge in [-0.05, 0) is 45.0 Å². The van der Waals surface area contributed by atoms with Crippen LogP contribution in [-0.4, -0.2) is 44.4 Å². The van der Waals surface area contributed by atoms with Crippen LogP contribution in [-0.2, 0) is 14.3 Å². The van der Waals surface area contributed by atoms with Crippen LogP contribution in [0.3, 0.4) is 0 Å². The van der Waals surface area contributed by atoms with Crippen LogP contribution in [0.4, 0.5) is 10.5 Å². The molecule has 22 heavy (non-hydrogen) atoms. The Hall–Kier alpha value is -2.08. The van der Waals surface area contributed by atoms with E-state index in [1.54, 1.807) is 19.1 Å². The normalized spacial score (nSPS) is 16.6. The number of para-hydroxylation sites is 1. The topological polar surface area (TPSA) is 67.9 Å². The zero-order chi connectivity index (χ0) is 16.0. The molecule has 6 heteroatoms. The molecule has 0 saturated carbocycles. The highest BCUT2D eigenvalue weighted by Gasteiger charge is 2.49. The number of anilines is 1. The second-order valence-electron chi connectivity index (χ2n) is 5.14. The Kier molecular flexibility index (Phi) is 5.38. The quantitative estimate of drug-likeness (QED) is 0.861. The molecule has 1 aliphatic heterocycles. The number of amides is 1. The third kappa shape index (κ3) is 3.06. The summed E-state index contributed by atoms with van der Waals surface area (Å²) in [4.78, 5) is 26.5. The van der Waals surface area contributed by atoms with E-state index in [9.17, 15) is 9.59 Å². The summed E-state index contributed by atoms with van der Waals surface area (Å²) >= 11 is 0. The number of carbonyl (C=O) groups excluding carboxylic acids is 2. The van der Waals surface area contributed by atoms with E-state index in [4.69, 9.17) is 9.47 Å². The molecule has 0 aromatic heterocycles. The van der Waals surface area contributed by atoms with Crippen molar-refractivity contribution in [1.82, 2.24) is 5.32 Å². The number of methoxy groups -OCH3 is 1. The molecule has 0 aliphatic carbocycles. The average molecular weight is 306 g/mol. The predicted molar refractivity (Wildman–Crippen MR) is 82.8 cm³/mol. The van der Waals surface area contributed by atoms with Gasteiger partial charge in [0.15, 0.2) is 5.54 Å². The molecule has 1 heterocycles. The second-order valence-corrected chi connectivity index (χ2v) is 5.14. The predicted octanol–water partition coefficient (Wildman–Crippen LogP) is 1.94. The fourth-order valence-electron chi connectivity index (χ4n) is 2.84. The monoisotopic (exact) mass is 306 g/mol. The van der Waals surface area contributed by atoms with Crippen LogP contribution in [0.25, 0.3) is 0 Å². The lowest BCUT2D eigenvalue weighted by molar-refractivity contribution is -0.148. The van der Waals surface area contributed by atoms with Crippen LogP contribution in [0.2, 0.25) is 0 Å². The summed E-state index contributed by atoms with van der Waals surface area (Å²) in [5.41, 5.74) is -0.401. The summed E-state index contributed by atoms with van der Waals surface area (Å²) in [5, 5.41) is 3.21. The molecule has 1 saturated heterocycles. The van der Waals surface area contributed by atoms with E-state index >= 15 is 0 Å². The highest BCUT2D eigenvalue weighted by Crippen LogP contribution is 2.33. The second kappa shape index (κ2) is 7.26. The molecule has 1 fully saturated rings. The number of hydrogen-bond donors (Lipinski definition) is 1. The smallest absolute Gasteiger partial charge is 0.415 e. The molecule has 2 rings (SSSR count). The molecule has 0 spiro atoms. The first-order valence-electron chi connectivity index (χ1n) is 7.47. The maximum absolute atomic E-state index is 12.5. The Morgan fingerprint density at radius 3 is 2.41 bits per heavy atom. The Bertz CT molecular complexity index is 512. The third-order valence-electron chi connectivity index (χ3n) is 3.89. The largest absolute Gasteiger partial charge is 0.467 e. The maximum Gasteiger partial charge on any atom is 0.415 e. The van der Waals surface area contributed by atoms with Crippen LogP contribution < -0.4 is 10.2 Å². The van der Waals surface area contributed by atoms with Gasteiger partial charge in [-0.3, -0.25) is 4.90 Å². The molecule has 1 aliphatic rings. The van der Waals surface area contributed by atoms with E-state index in [0.717, 1.165) is 0 Å². The van der Waals surface area contributed by atoms with E-state index in [1.807, 2.05) is 18.2 Å². The molecule has 1 aromatic carbocycles. The maximum atomic E-state index is 12.5. The highest BCUT2D eigenvalue weighted by atomic mass is 16.6. The van der Waals surface area contributed by atoms with Crippen molar-refractivity contribution in [2.45, 2.75) is 25.3 Å². The summed E-state index contributed by atoms with van der Waals surface area (Å²) in [6.45, 7) is 3.27. The van der Waals surface area contributed by atoms with Crippen molar-refractivity contribution in [3.8, 4) is 0 Å². The molecule has 1 amide bonds. The van der Waals surface area contributed by atoms with Gasteiger partial charge in [-0.25, -0.2) is 9.59 Å². The van der Waals surface area contributed by atoms with Gasteiger partial charge >= 0.3 is 12.1 Å². The van der Waals surface area contributed by atoms with E-state index in [0.29, 0.717) is 31.6 Å². The molecule has 0 radical (unpaired) electrons. The SMILES string of the molecule is CCOC(=O)N(c1ccccc1)C1(C(=O)OC)CCNCC1. The van der Waals surface area contributed by atoms with E-state index in [2.05, 4.69) is 5.32 Å². The average Bonchev–Trinajstić information content (AvgIpc) is 2.56. The molecule has 120 valence electrons. The van der Waals surface area contributed by atoms with Gasteiger partial charge in [-0.15, -0.1) is 0 Å². The number of hydrogen-bond acceptors (Lipinski definition) is 5. The minimum atomic E-state index is -1.03. The number of rotatable bonds is 4. The first-order chi connectivity index (χ1) is 10.7. The Labute approximate surface area is 130 Å². The minimum Gasteiger partial charge on any atom is -0.467 e. The number of esters is 1. The molecule has 0 atom stereocenters. The lowest BCUT2D eigenvalue weighted by Crippen LogP contribution is -2.62. The number of ether oxygens (including phenoxy) is 2. The standard InChI is InChI=1S/C16H22N2O4/c1-3-22-15(20)18(13-7-5-4-6-8-13)16(14(19)21-2)9-11-17-12-10-16/h4-8,17H,3,9-12H2,1-2H3. The van der Waals surface area contributed by atoms with Gasteiger partial charge in [0.2, 0.25) is 0 Å². The molecule has 0 bridgehead atoms. The molecular formula is C16H22N2O4. The van der Waals surface area contributed by atoms with Crippen LogP contribution in [0, 0.1) is 0 Å². The van der Waals surface area contributed by atoms with E-state index in [-0.39, 0.29) is 6.61 Å². The van der Waals surface area contributed by atoms with Gasteiger partial charge in [-0.1, -0.05) is 18.2 Å². The molecule has 0 unspecified atom stereocenters. The zero-order valence-electron chi connectivity index (χ0n) is 13.0.